The van der Waals surface area contributed by atoms with Crippen molar-refractivity contribution in [3.05, 3.63) is 123 Å². The van der Waals surface area contributed by atoms with E-state index in [1.807, 2.05) is 105 Å². The molecular formula is C66H54Br2F2S12. The van der Waals surface area contributed by atoms with Crippen molar-refractivity contribution >= 4 is 228 Å². The molecular weight excluding hydrogens is 1380 g/mol. The van der Waals surface area contributed by atoms with Crippen LogP contribution in [0.2, 0.25) is 0 Å². The third-order valence-electron chi connectivity index (χ3n) is 15.6. The summed E-state index contributed by atoms with van der Waals surface area (Å²) in [7, 11) is 0. The van der Waals surface area contributed by atoms with Gasteiger partial charge in [-0.15, -0.1) is 136 Å². The summed E-state index contributed by atoms with van der Waals surface area (Å²) >= 11 is 29.1. The van der Waals surface area contributed by atoms with Gasteiger partial charge in [-0.25, -0.2) is 8.78 Å². The molecule has 0 saturated heterocycles. The lowest BCUT2D eigenvalue weighted by Crippen LogP contribution is -1.84. The number of alkyl halides is 2. The van der Waals surface area contributed by atoms with Gasteiger partial charge in [0.25, 0.3) is 0 Å². The first-order valence-electron chi connectivity index (χ1n) is 27.7. The van der Waals surface area contributed by atoms with Gasteiger partial charge in [0.15, 0.2) is 0 Å². The SMILES string of the molecule is Cc1ccc(-c2c(-c3ccc(C)s3)c3sc(-c4sc(-c5cc6c(s5)c(-c5ccc(CCCCCCBr)s5)c(-c5ccc(CCCCCCBr)s5)c5sc(C)cc56)c5sc(C)c(F)c45)cc3c3cc(-c4sc(C)c5c(F)c(C)sc45)sc23)s1. The maximum atomic E-state index is 17.4. The molecule has 0 aliphatic heterocycles. The average Bonchev–Trinajstić information content (AvgIpc) is 2.30. The van der Waals surface area contributed by atoms with Crippen LogP contribution in [0.25, 0.3) is 132 Å². The van der Waals surface area contributed by atoms with E-state index in [0.29, 0.717) is 0 Å². The van der Waals surface area contributed by atoms with Crippen molar-refractivity contribution in [3.63, 3.8) is 0 Å². The summed E-state index contributed by atoms with van der Waals surface area (Å²) < 4.78 is 40.3. The zero-order chi connectivity index (χ0) is 56.2. The fourth-order valence-electron chi connectivity index (χ4n) is 11.7. The molecule has 12 aromatic heterocycles. The van der Waals surface area contributed by atoms with Crippen LogP contribution in [0.3, 0.4) is 0 Å². The highest BCUT2D eigenvalue weighted by Gasteiger charge is 2.31. The Labute approximate surface area is 541 Å². The first-order valence-corrected chi connectivity index (χ1v) is 39.8. The summed E-state index contributed by atoms with van der Waals surface area (Å²) in [6, 6.07) is 28.4. The number of halogens is 4. The molecule has 0 spiro atoms. The lowest BCUT2D eigenvalue weighted by molar-refractivity contribution is 0.636. The molecule has 0 radical (unpaired) electrons. The molecule has 418 valence electrons. The van der Waals surface area contributed by atoms with Crippen molar-refractivity contribution in [3.8, 4) is 71.0 Å². The molecule has 0 unspecified atom stereocenters. The van der Waals surface area contributed by atoms with Crippen LogP contribution in [0.15, 0.2) is 72.8 Å². The Hall–Kier alpha value is -2.78. The van der Waals surface area contributed by atoms with Gasteiger partial charge in [-0.2, -0.15) is 0 Å². The molecule has 0 saturated carbocycles. The van der Waals surface area contributed by atoms with Crippen LogP contribution < -0.4 is 0 Å². The summed E-state index contributed by atoms with van der Waals surface area (Å²) in [6.45, 7) is 12.6. The van der Waals surface area contributed by atoms with Crippen LogP contribution in [0.4, 0.5) is 8.78 Å². The number of unbranched alkanes of at least 4 members (excludes halogenated alkanes) is 6. The highest BCUT2D eigenvalue weighted by Crippen LogP contribution is 2.60. The van der Waals surface area contributed by atoms with Crippen molar-refractivity contribution < 1.29 is 8.78 Å². The first-order chi connectivity index (χ1) is 39.8. The number of aryl methyl sites for hydroxylation is 8. The van der Waals surface area contributed by atoms with Gasteiger partial charge < -0.3 is 0 Å². The number of fused-ring (bicyclic) bond motifs is 8. The smallest absolute Gasteiger partial charge is 0.146 e. The van der Waals surface area contributed by atoms with E-state index in [1.165, 1.54) is 168 Å². The second-order valence-corrected chi connectivity index (χ2v) is 36.9. The average molecular weight is 1430 g/mol. The van der Waals surface area contributed by atoms with Crippen molar-refractivity contribution in [2.75, 3.05) is 10.7 Å². The van der Waals surface area contributed by atoms with E-state index in [2.05, 4.69) is 132 Å². The van der Waals surface area contributed by atoms with Crippen molar-refractivity contribution in [1.82, 2.24) is 0 Å². The standard InChI is InChI=1S/C66H54Br2F2S12/c1-31-17-21-43(71-31)51-52(44-22-18-32(2)72-44)61-42(30-48(80-61)63-65-50(34(4)74-63)56(69)35(5)75-65)41-28-47(79-60(41)51)62-55-57(70)36(6)76-66(55)64(82-62)49-29-40-39-27-33(3)73-58(39)53(45-23-19-37(77-45)15-11-7-9-13-25-67)54(59(40)81-49)46-24-20-38(78-46)16-12-8-10-14-26-68/h17-24,27-30H,7-16,25-26H2,1-6H3. The zero-order valence-electron chi connectivity index (χ0n) is 45.8. The molecule has 0 atom stereocenters. The van der Waals surface area contributed by atoms with Gasteiger partial charge in [-0.3, -0.25) is 0 Å². The van der Waals surface area contributed by atoms with E-state index in [-0.39, 0.29) is 11.6 Å². The predicted octanol–water partition coefficient (Wildman–Crippen LogP) is 28.1. The van der Waals surface area contributed by atoms with E-state index in [1.54, 1.807) is 45.3 Å². The molecule has 14 rings (SSSR count). The molecule has 0 fully saturated rings. The van der Waals surface area contributed by atoms with E-state index >= 15 is 8.78 Å². The fraction of sp³-hybridized carbons (Fsp3) is 0.273. The summed E-state index contributed by atoms with van der Waals surface area (Å²) in [6.07, 6.45) is 12.1. The first kappa shape index (κ1) is 57.0. The molecule has 0 amide bonds. The van der Waals surface area contributed by atoms with Gasteiger partial charge in [0.05, 0.1) is 24.0 Å². The molecule has 2 aromatic carbocycles. The van der Waals surface area contributed by atoms with Crippen LogP contribution >= 0.6 is 168 Å². The second-order valence-electron chi connectivity index (χ2n) is 21.3. The number of benzene rings is 2. The quantitative estimate of drug-likeness (QED) is 0.0559. The van der Waals surface area contributed by atoms with Crippen molar-refractivity contribution in [2.45, 2.75) is 106 Å². The highest BCUT2D eigenvalue weighted by atomic mass is 79.9. The van der Waals surface area contributed by atoms with Gasteiger partial charge in [0.1, 0.15) is 11.6 Å². The van der Waals surface area contributed by atoms with Gasteiger partial charge in [0.2, 0.25) is 0 Å². The summed E-state index contributed by atoms with van der Waals surface area (Å²) in [4.78, 5) is 21.2. The third kappa shape index (κ3) is 10.1. The topological polar surface area (TPSA) is 0 Å². The number of thiophene rings is 12. The van der Waals surface area contributed by atoms with Crippen molar-refractivity contribution in [1.29, 1.82) is 0 Å². The molecule has 14 aromatic rings. The number of hydrogen-bond acceptors (Lipinski definition) is 12. The molecule has 82 heavy (non-hydrogen) atoms. The molecule has 12 heterocycles. The lowest BCUT2D eigenvalue weighted by Gasteiger charge is -2.11. The van der Waals surface area contributed by atoms with Crippen LogP contribution in [-0.2, 0) is 12.8 Å². The Morgan fingerprint density at radius 3 is 1.20 bits per heavy atom. The zero-order valence-corrected chi connectivity index (χ0v) is 58.8. The van der Waals surface area contributed by atoms with Crippen LogP contribution in [0, 0.1) is 53.2 Å². The third-order valence-corrected chi connectivity index (χ3v) is 30.9. The molecule has 0 aliphatic rings. The number of rotatable bonds is 19. The van der Waals surface area contributed by atoms with Crippen LogP contribution in [0.1, 0.15) is 90.4 Å². The van der Waals surface area contributed by atoms with E-state index in [4.69, 9.17) is 0 Å². The van der Waals surface area contributed by atoms with Crippen molar-refractivity contribution in [2.24, 2.45) is 0 Å². The Morgan fingerprint density at radius 2 is 0.720 bits per heavy atom. The monoisotopic (exact) mass is 1430 g/mol. The Bertz CT molecular complexity index is 4740. The van der Waals surface area contributed by atoms with Gasteiger partial charge >= 0.3 is 0 Å². The van der Waals surface area contributed by atoms with E-state index in [0.717, 1.165) is 77.8 Å². The minimum atomic E-state index is -0.104. The van der Waals surface area contributed by atoms with Gasteiger partial charge in [0, 0.05) is 157 Å². The Morgan fingerprint density at radius 1 is 0.317 bits per heavy atom. The van der Waals surface area contributed by atoms with Gasteiger partial charge in [-0.1, -0.05) is 57.5 Å². The predicted molar refractivity (Wildman–Crippen MR) is 384 cm³/mol. The van der Waals surface area contributed by atoms with Crippen LogP contribution in [-0.4, -0.2) is 10.7 Å². The normalized spacial score (nSPS) is 12.4. The highest BCUT2D eigenvalue weighted by molar-refractivity contribution is 9.09. The Balaban J connectivity index is 0.972. The summed E-state index contributed by atoms with van der Waals surface area (Å²) in [5.74, 6) is -0.190. The molecule has 16 heteroatoms. The molecule has 0 aliphatic carbocycles. The molecule has 0 bridgehead atoms. The maximum absolute atomic E-state index is 17.4. The lowest BCUT2D eigenvalue weighted by atomic mass is 9.99. The van der Waals surface area contributed by atoms with E-state index < -0.39 is 0 Å². The molecule has 0 nitrogen and oxygen atoms in total. The largest absolute Gasteiger partial charge is 0.205 e. The summed E-state index contributed by atoms with van der Waals surface area (Å²) in [5.41, 5.74) is 5.25. The minimum Gasteiger partial charge on any atom is -0.205 e. The Kier molecular flexibility index (Phi) is 16.3. The maximum Gasteiger partial charge on any atom is 0.146 e. The minimum absolute atomic E-state index is 0.0855. The summed E-state index contributed by atoms with van der Waals surface area (Å²) in [5, 5.41) is 8.68. The van der Waals surface area contributed by atoms with Crippen LogP contribution in [0.5, 0.6) is 0 Å². The number of hydrogen-bond donors (Lipinski definition) is 0. The van der Waals surface area contributed by atoms with E-state index in [9.17, 15) is 0 Å². The fourth-order valence-corrected chi connectivity index (χ4v) is 27.0. The second kappa shape index (κ2) is 23.4. The molecule has 0 N–H and O–H groups in total. The van der Waals surface area contributed by atoms with Gasteiger partial charge in [-0.05, 0) is 153 Å².